The molecule has 0 bridgehead atoms. The summed E-state index contributed by atoms with van der Waals surface area (Å²) in [5.41, 5.74) is 0.915. The second-order valence-electron chi connectivity index (χ2n) is 8.11. The Balaban J connectivity index is 0.00000320. The molecule has 6 nitrogen and oxygen atoms in total. The molecule has 1 saturated heterocycles. The Kier molecular flexibility index (Phi) is 10.3. The molecule has 1 heterocycles. The fourth-order valence-electron chi connectivity index (χ4n) is 4.32. The minimum Gasteiger partial charge on any atom is -0.355 e. The average molecular weight is 531 g/mol. The molecule has 1 aliphatic carbocycles. The molecule has 0 radical (unpaired) electrons. The SMILES string of the molecule is CN=C(NCCN1CCN(C(=O)C2CCCC2)CC1)N(C)Cc1cccc(F)c1.I. The Labute approximate surface area is 196 Å². The van der Waals surface area contributed by atoms with E-state index in [0.29, 0.717) is 12.5 Å². The number of carbonyl (C=O) groups is 1. The Hall–Kier alpha value is -1.42. The van der Waals surface area contributed by atoms with Crippen molar-refractivity contribution >= 4 is 35.8 Å². The fourth-order valence-corrected chi connectivity index (χ4v) is 4.32. The number of rotatable bonds is 6. The number of halogens is 2. The fraction of sp³-hybridized carbons (Fsp3) is 0.636. The topological polar surface area (TPSA) is 51.2 Å². The molecule has 0 atom stereocenters. The molecule has 3 rings (SSSR count). The van der Waals surface area contributed by atoms with Crippen molar-refractivity contribution < 1.29 is 9.18 Å². The number of amides is 1. The van der Waals surface area contributed by atoms with Gasteiger partial charge in [0, 0.05) is 65.8 Å². The number of benzene rings is 1. The van der Waals surface area contributed by atoms with Gasteiger partial charge in [-0.1, -0.05) is 25.0 Å². The first-order valence-electron chi connectivity index (χ1n) is 10.7. The van der Waals surface area contributed by atoms with Gasteiger partial charge in [0.15, 0.2) is 5.96 Å². The third kappa shape index (κ3) is 7.08. The van der Waals surface area contributed by atoms with Crippen molar-refractivity contribution in [2.75, 3.05) is 53.4 Å². The summed E-state index contributed by atoms with van der Waals surface area (Å²) in [6.45, 7) is 5.83. The molecule has 1 saturated carbocycles. The van der Waals surface area contributed by atoms with Crippen molar-refractivity contribution in [2.24, 2.45) is 10.9 Å². The van der Waals surface area contributed by atoms with E-state index in [2.05, 4.69) is 20.1 Å². The minimum atomic E-state index is -0.218. The Morgan fingerprint density at radius 1 is 1.23 bits per heavy atom. The maximum Gasteiger partial charge on any atom is 0.225 e. The smallest absolute Gasteiger partial charge is 0.225 e. The number of piperazine rings is 1. The highest BCUT2D eigenvalue weighted by Gasteiger charge is 2.29. The lowest BCUT2D eigenvalue weighted by molar-refractivity contribution is -0.137. The second kappa shape index (κ2) is 12.4. The van der Waals surface area contributed by atoms with Crippen LogP contribution in [0, 0.1) is 11.7 Å². The summed E-state index contributed by atoms with van der Waals surface area (Å²) in [5.74, 6) is 1.23. The molecule has 1 aliphatic heterocycles. The molecular formula is C22H35FIN5O. The van der Waals surface area contributed by atoms with Gasteiger partial charge in [-0.3, -0.25) is 14.7 Å². The highest BCUT2D eigenvalue weighted by atomic mass is 127. The zero-order chi connectivity index (χ0) is 20.6. The van der Waals surface area contributed by atoms with Crippen molar-refractivity contribution in [3.8, 4) is 0 Å². The molecule has 168 valence electrons. The van der Waals surface area contributed by atoms with E-state index in [4.69, 9.17) is 0 Å². The molecule has 1 N–H and O–H groups in total. The highest BCUT2D eigenvalue weighted by Crippen LogP contribution is 2.26. The first-order valence-corrected chi connectivity index (χ1v) is 10.7. The van der Waals surface area contributed by atoms with Gasteiger partial charge in [0.1, 0.15) is 5.82 Å². The van der Waals surface area contributed by atoms with Gasteiger partial charge in [-0.2, -0.15) is 0 Å². The molecule has 1 amide bonds. The molecule has 2 aliphatic rings. The van der Waals surface area contributed by atoms with Crippen LogP contribution in [0.5, 0.6) is 0 Å². The normalized spacial score (nSPS) is 18.2. The van der Waals surface area contributed by atoms with E-state index in [0.717, 1.165) is 63.6 Å². The Bertz CT molecular complexity index is 703. The average Bonchev–Trinajstić information content (AvgIpc) is 3.26. The van der Waals surface area contributed by atoms with E-state index >= 15 is 0 Å². The standard InChI is InChI=1S/C22H34FN5O.HI/c1-24-22(26(2)17-18-6-5-9-20(23)16-18)25-10-11-27-12-14-28(15-13-27)21(29)19-7-3-4-8-19;/h5-6,9,16,19H,3-4,7-8,10-15,17H2,1-2H3,(H,24,25);1H. The molecule has 0 unspecified atom stereocenters. The molecule has 8 heteroatoms. The Morgan fingerprint density at radius 3 is 2.57 bits per heavy atom. The first kappa shape index (κ1) is 24.8. The third-order valence-corrected chi connectivity index (χ3v) is 5.98. The molecule has 1 aromatic carbocycles. The maximum atomic E-state index is 13.4. The van der Waals surface area contributed by atoms with Crippen molar-refractivity contribution in [1.82, 2.24) is 20.0 Å². The van der Waals surface area contributed by atoms with Crippen LogP contribution >= 0.6 is 24.0 Å². The van der Waals surface area contributed by atoms with Gasteiger partial charge in [-0.05, 0) is 30.5 Å². The summed E-state index contributed by atoms with van der Waals surface area (Å²) in [6, 6.07) is 6.65. The number of hydrogen-bond donors (Lipinski definition) is 1. The summed E-state index contributed by atoms with van der Waals surface area (Å²) in [5, 5.41) is 3.39. The van der Waals surface area contributed by atoms with Gasteiger partial charge in [0.05, 0.1) is 0 Å². The van der Waals surface area contributed by atoms with Crippen LogP contribution in [0.4, 0.5) is 4.39 Å². The van der Waals surface area contributed by atoms with Crippen LogP contribution in [-0.4, -0.2) is 79.9 Å². The molecule has 0 aromatic heterocycles. The van der Waals surface area contributed by atoms with Crippen LogP contribution in [-0.2, 0) is 11.3 Å². The number of carbonyl (C=O) groups excluding carboxylic acids is 1. The monoisotopic (exact) mass is 531 g/mol. The first-order chi connectivity index (χ1) is 14.1. The lowest BCUT2D eigenvalue weighted by atomic mass is 10.1. The van der Waals surface area contributed by atoms with Crippen molar-refractivity contribution in [3.63, 3.8) is 0 Å². The van der Waals surface area contributed by atoms with Crippen molar-refractivity contribution in [1.29, 1.82) is 0 Å². The summed E-state index contributed by atoms with van der Waals surface area (Å²) < 4.78 is 13.4. The quantitative estimate of drug-likeness (QED) is 0.349. The number of guanidine groups is 1. The van der Waals surface area contributed by atoms with E-state index in [9.17, 15) is 9.18 Å². The van der Waals surface area contributed by atoms with Gasteiger partial charge >= 0.3 is 0 Å². The predicted octanol–water partition coefficient (Wildman–Crippen LogP) is 2.79. The summed E-state index contributed by atoms with van der Waals surface area (Å²) in [6.07, 6.45) is 4.56. The van der Waals surface area contributed by atoms with Gasteiger partial charge in [0.2, 0.25) is 5.91 Å². The van der Waals surface area contributed by atoms with Crippen molar-refractivity contribution in [3.05, 3.63) is 35.6 Å². The minimum absolute atomic E-state index is 0. The van der Waals surface area contributed by atoms with Crippen molar-refractivity contribution in [2.45, 2.75) is 32.2 Å². The second-order valence-corrected chi connectivity index (χ2v) is 8.11. The zero-order valence-corrected chi connectivity index (χ0v) is 20.5. The van der Waals surface area contributed by atoms with Gasteiger partial charge in [-0.25, -0.2) is 4.39 Å². The molecule has 2 fully saturated rings. The van der Waals surface area contributed by atoms with E-state index in [1.54, 1.807) is 19.2 Å². The molecular weight excluding hydrogens is 496 g/mol. The van der Waals surface area contributed by atoms with E-state index in [1.165, 1.54) is 18.9 Å². The van der Waals surface area contributed by atoms with Gasteiger partial charge < -0.3 is 15.1 Å². The van der Waals surface area contributed by atoms with Crippen LogP contribution in [0.3, 0.4) is 0 Å². The summed E-state index contributed by atoms with van der Waals surface area (Å²) in [7, 11) is 3.71. The van der Waals surface area contributed by atoms with Gasteiger partial charge in [-0.15, -0.1) is 24.0 Å². The van der Waals surface area contributed by atoms with E-state index in [-0.39, 0.29) is 35.7 Å². The summed E-state index contributed by atoms with van der Waals surface area (Å²) in [4.78, 5) is 23.3. The number of nitrogens with one attached hydrogen (secondary N) is 1. The zero-order valence-electron chi connectivity index (χ0n) is 18.1. The third-order valence-electron chi connectivity index (χ3n) is 5.98. The molecule has 1 aromatic rings. The molecule has 30 heavy (non-hydrogen) atoms. The van der Waals surface area contributed by atoms with E-state index in [1.807, 2.05) is 18.0 Å². The van der Waals surface area contributed by atoms with Crippen LogP contribution in [0.15, 0.2) is 29.3 Å². The maximum absolute atomic E-state index is 13.4. The van der Waals surface area contributed by atoms with Gasteiger partial charge in [0.25, 0.3) is 0 Å². The largest absolute Gasteiger partial charge is 0.355 e. The number of hydrogen-bond acceptors (Lipinski definition) is 3. The summed E-state index contributed by atoms with van der Waals surface area (Å²) >= 11 is 0. The predicted molar refractivity (Wildman–Crippen MR) is 130 cm³/mol. The van der Waals surface area contributed by atoms with Crippen LogP contribution < -0.4 is 5.32 Å². The lowest BCUT2D eigenvalue weighted by Gasteiger charge is -2.36. The number of aliphatic imine (C=N–C) groups is 1. The van der Waals surface area contributed by atoms with Crippen LogP contribution in [0.1, 0.15) is 31.2 Å². The lowest BCUT2D eigenvalue weighted by Crippen LogP contribution is -2.51. The molecule has 0 spiro atoms. The van der Waals surface area contributed by atoms with Crippen LogP contribution in [0.2, 0.25) is 0 Å². The van der Waals surface area contributed by atoms with Crippen LogP contribution in [0.25, 0.3) is 0 Å². The number of nitrogens with zero attached hydrogens (tertiary/aromatic N) is 4. The highest BCUT2D eigenvalue weighted by molar-refractivity contribution is 14.0. The Morgan fingerprint density at radius 2 is 1.93 bits per heavy atom. The van der Waals surface area contributed by atoms with E-state index < -0.39 is 0 Å².